The van der Waals surface area contributed by atoms with Crippen molar-refractivity contribution < 1.29 is 9.59 Å². The molecule has 156 valence electrons. The summed E-state index contributed by atoms with van der Waals surface area (Å²) in [5.74, 6) is -0.619. The van der Waals surface area contributed by atoms with Crippen LogP contribution in [0.25, 0.3) is 10.8 Å². The second-order valence-corrected chi connectivity index (χ2v) is 7.03. The zero-order valence-electron chi connectivity index (χ0n) is 17.1. The fourth-order valence-corrected chi connectivity index (χ4v) is 3.39. The normalized spacial score (nSPS) is 10.7. The van der Waals surface area contributed by atoms with Gasteiger partial charge in [0.1, 0.15) is 0 Å². The number of hydrogen-bond donors (Lipinski definition) is 2. The summed E-state index contributed by atoms with van der Waals surface area (Å²) >= 11 is 0. The van der Waals surface area contributed by atoms with Crippen molar-refractivity contribution in [3.05, 3.63) is 83.9 Å². The van der Waals surface area contributed by atoms with Gasteiger partial charge in [0.15, 0.2) is 5.69 Å². The first kappa shape index (κ1) is 20.2. The van der Waals surface area contributed by atoms with E-state index in [0.717, 1.165) is 22.8 Å². The van der Waals surface area contributed by atoms with Crippen LogP contribution >= 0.6 is 0 Å². The number of rotatable bonds is 7. The van der Waals surface area contributed by atoms with Crippen LogP contribution in [0.15, 0.2) is 67.1 Å². The van der Waals surface area contributed by atoms with E-state index < -0.39 is 0 Å². The molecule has 0 atom stereocenters. The molecule has 0 unspecified atom stereocenters. The number of amides is 2. The second kappa shape index (κ2) is 9.17. The standard InChI is InChI=1S/C23H22N6O2/c1-2-11-25-23(31)21-20(8-5-12-24-21)27-22(30)19-10-9-16(15-29-14-13-26-28-29)17-6-3-4-7-18(17)19/h3-10,12-14H,2,11,15H2,1H3,(H,25,31)(H,27,30). The van der Waals surface area contributed by atoms with Gasteiger partial charge in [0, 0.05) is 24.5 Å². The molecule has 0 saturated carbocycles. The summed E-state index contributed by atoms with van der Waals surface area (Å²) in [7, 11) is 0. The number of nitrogens with one attached hydrogen (secondary N) is 2. The zero-order valence-corrected chi connectivity index (χ0v) is 17.1. The van der Waals surface area contributed by atoms with Gasteiger partial charge in [-0.3, -0.25) is 9.59 Å². The lowest BCUT2D eigenvalue weighted by atomic mass is 9.99. The largest absolute Gasteiger partial charge is 0.351 e. The minimum absolute atomic E-state index is 0.191. The predicted molar refractivity (Wildman–Crippen MR) is 118 cm³/mol. The molecular formula is C23H22N6O2. The SMILES string of the molecule is CCCNC(=O)c1ncccc1NC(=O)c1ccc(Cn2ccnn2)c2ccccc12. The molecule has 0 bridgehead atoms. The number of fused-ring (bicyclic) bond motifs is 1. The van der Waals surface area contributed by atoms with Gasteiger partial charge in [-0.25, -0.2) is 9.67 Å². The molecule has 0 aliphatic heterocycles. The highest BCUT2D eigenvalue weighted by Crippen LogP contribution is 2.25. The van der Waals surface area contributed by atoms with Crippen LogP contribution in [0.2, 0.25) is 0 Å². The fraction of sp³-hybridized carbons (Fsp3) is 0.174. The number of pyridine rings is 1. The fourth-order valence-electron chi connectivity index (χ4n) is 3.39. The summed E-state index contributed by atoms with van der Waals surface area (Å²) in [6.07, 6.45) is 5.77. The minimum atomic E-state index is -0.314. The molecular weight excluding hydrogens is 392 g/mol. The van der Waals surface area contributed by atoms with Crippen molar-refractivity contribution in [2.75, 3.05) is 11.9 Å². The van der Waals surface area contributed by atoms with E-state index in [1.54, 1.807) is 35.3 Å². The van der Waals surface area contributed by atoms with Crippen molar-refractivity contribution >= 4 is 28.3 Å². The van der Waals surface area contributed by atoms with E-state index in [0.29, 0.717) is 24.3 Å². The Hall–Kier alpha value is -4.07. The zero-order chi connectivity index (χ0) is 21.6. The summed E-state index contributed by atoms with van der Waals surface area (Å²) in [5.41, 5.74) is 2.11. The highest BCUT2D eigenvalue weighted by Gasteiger charge is 2.17. The third kappa shape index (κ3) is 4.42. The number of nitrogens with zero attached hydrogens (tertiary/aromatic N) is 4. The molecule has 8 nitrogen and oxygen atoms in total. The molecule has 2 aromatic heterocycles. The van der Waals surface area contributed by atoms with Crippen LogP contribution < -0.4 is 10.6 Å². The van der Waals surface area contributed by atoms with Gasteiger partial charge in [0.05, 0.1) is 18.4 Å². The van der Waals surface area contributed by atoms with Crippen molar-refractivity contribution in [1.82, 2.24) is 25.3 Å². The molecule has 2 heterocycles. The first-order valence-electron chi connectivity index (χ1n) is 10.1. The lowest BCUT2D eigenvalue weighted by molar-refractivity contribution is 0.0949. The van der Waals surface area contributed by atoms with Crippen LogP contribution in [0.3, 0.4) is 0 Å². The van der Waals surface area contributed by atoms with Gasteiger partial charge in [0.25, 0.3) is 11.8 Å². The lowest BCUT2D eigenvalue weighted by Gasteiger charge is -2.13. The summed E-state index contributed by atoms with van der Waals surface area (Å²) in [4.78, 5) is 29.7. The van der Waals surface area contributed by atoms with E-state index in [1.165, 1.54) is 6.20 Å². The number of hydrogen-bond acceptors (Lipinski definition) is 5. The first-order chi connectivity index (χ1) is 15.2. The smallest absolute Gasteiger partial charge is 0.272 e. The average molecular weight is 414 g/mol. The molecule has 0 fully saturated rings. The lowest BCUT2D eigenvalue weighted by Crippen LogP contribution is -2.27. The Balaban J connectivity index is 1.64. The molecule has 0 saturated heterocycles. The molecule has 0 radical (unpaired) electrons. The predicted octanol–water partition coefficient (Wildman–Crippen LogP) is 3.27. The summed E-state index contributed by atoms with van der Waals surface area (Å²) in [6, 6.07) is 14.8. The van der Waals surface area contributed by atoms with Gasteiger partial charge in [-0.1, -0.05) is 42.5 Å². The van der Waals surface area contributed by atoms with E-state index in [4.69, 9.17) is 0 Å². The van der Waals surface area contributed by atoms with Crippen LogP contribution in [0.4, 0.5) is 5.69 Å². The van der Waals surface area contributed by atoms with Crippen molar-refractivity contribution in [3.63, 3.8) is 0 Å². The van der Waals surface area contributed by atoms with E-state index in [2.05, 4.69) is 25.9 Å². The van der Waals surface area contributed by atoms with Crippen LogP contribution in [-0.4, -0.2) is 38.3 Å². The number of carbonyl (C=O) groups is 2. The number of anilines is 1. The molecule has 0 aliphatic rings. The highest BCUT2D eigenvalue weighted by atomic mass is 16.2. The van der Waals surface area contributed by atoms with Gasteiger partial charge in [-0.15, -0.1) is 5.10 Å². The third-order valence-electron chi connectivity index (χ3n) is 4.87. The van der Waals surface area contributed by atoms with E-state index in [-0.39, 0.29) is 17.5 Å². The molecule has 4 rings (SSSR count). The summed E-state index contributed by atoms with van der Waals surface area (Å²) in [5, 5.41) is 15.3. The molecule has 2 N–H and O–H groups in total. The maximum absolute atomic E-state index is 13.1. The topological polar surface area (TPSA) is 102 Å². The van der Waals surface area contributed by atoms with Crippen LogP contribution in [0.5, 0.6) is 0 Å². The Bertz CT molecular complexity index is 1220. The second-order valence-electron chi connectivity index (χ2n) is 7.03. The molecule has 4 aromatic rings. The Kier molecular flexibility index (Phi) is 5.98. The molecule has 2 amide bonds. The Morgan fingerprint density at radius 1 is 0.968 bits per heavy atom. The number of benzene rings is 2. The van der Waals surface area contributed by atoms with Gasteiger partial charge in [-0.2, -0.15) is 0 Å². The Labute approximate surface area is 179 Å². The minimum Gasteiger partial charge on any atom is -0.351 e. The highest BCUT2D eigenvalue weighted by molar-refractivity contribution is 6.15. The maximum atomic E-state index is 13.1. The van der Waals surface area contributed by atoms with Crippen LogP contribution in [0, 0.1) is 0 Å². The average Bonchev–Trinajstić information content (AvgIpc) is 3.31. The summed E-state index contributed by atoms with van der Waals surface area (Å²) in [6.45, 7) is 3.06. The van der Waals surface area contributed by atoms with E-state index in [1.807, 2.05) is 37.3 Å². The summed E-state index contributed by atoms with van der Waals surface area (Å²) < 4.78 is 1.73. The van der Waals surface area contributed by atoms with Crippen molar-refractivity contribution in [2.45, 2.75) is 19.9 Å². The first-order valence-corrected chi connectivity index (χ1v) is 10.1. The molecule has 2 aromatic carbocycles. The van der Waals surface area contributed by atoms with Gasteiger partial charge in [-0.05, 0) is 41.0 Å². The third-order valence-corrected chi connectivity index (χ3v) is 4.87. The van der Waals surface area contributed by atoms with Gasteiger partial charge in [0.2, 0.25) is 0 Å². The van der Waals surface area contributed by atoms with Crippen LogP contribution in [-0.2, 0) is 6.54 Å². The Morgan fingerprint density at radius 2 is 1.81 bits per heavy atom. The molecule has 0 spiro atoms. The monoisotopic (exact) mass is 414 g/mol. The molecule has 0 aliphatic carbocycles. The molecule has 31 heavy (non-hydrogen) atoms. The van der Waals surface area contributed by atoms with E-state index in [9.17, 15) is 9.59 Å². The van der Waals surface area contributed by atoms with Crippen molar-refractivity contribution in [2.24, 2.45) is 0 Å². The van der Waals surface area contributed by atoms with Gasteiger partial charge < -0.3 is 10.6 Å². The quantitative estimate of drug-likeness (QED) is 0.483. The van der Waals surface area contributed by atoms with Crippen molar-refractivity contribution in [3.8, 4) is 0 Å². The van der Waals surface area contributed by atoms with Crippen LogP contribution in [0.1, 0.15) is 39.8 Å². The van der Waals surface area contributed by atoms with E-state index >= 15 is 0 Å². The molecule has 8 heteroatoms. The number of aromatic nitrogens is 4. The number of carbonyl (C=O) groups excluding carboxylic acids is 2. The van der Waals surface area contributed by atoms with Gasteiger partial charge >= 0.3 is 0 Å². The maximum Gasteiger partial charge on any atom is 0.272 e. The van der Waals surface area contributed by atoms with Crippen molar-refractivity contribution in [1.29, 1.82) is 0 Å². The Morgan fingerprint density at radius 3 is 2.58 bits per heavy atom.